The van der Waals surface area contributed by atoms with Crippen molar-refractivity contribution in [3.8, 4) is 11.8 Å². The first kappa shape index (κ1) is 18.0. The minimum atomic E-state index is -0.0379. The SMILES string of the molecule is N#CCCN(Cc1cccnc1)C(=O)CCOc1cccc(Br)c1. The molecule has 0 saturated heterocycles. The third-order valence-electron chi connectivity index (χ3n) is 3.32. The van der Waals surface area contributed by atoms with Crippen LogP contribution < -0.4 is 4.74 Å². The highest BCUT2D eigenvalue weighted by Gasteiger charge is 2.14. The van der Waals surface area contributed by atoms with Gasteiger partial charge in [-0.1, -0.05) is 28.1 Å². The molecule has 6 heteroatoms. The Hall–Kier alpha value is -2.39. The summed E-state index contributed by atoms with van der Waals surface area (Å²) in [5.74, 6) is 0.678. The van der Waals surface area contributed by atoms with E-state index >= 15 is 0 Å². The number of aromatic nitrogens is 1. The van der Waals surface area contributed by atoms with Gasteiger partial charge in [-0.15, -0.1) is 0 Å². The molecule has 0 bridgehead atoms. The van der Waals surface area contributed by atoms with Crippen molar-refractivity contribution in [2.45, 2.75) is 19.4 Å². The summed E-state index contributed by atoms with van der Waals surface area (Å²) >= 11 is 3.38. The standard InChI is InChI=1S/C18H18BrN3O2/c19-16-5-1-6-17(12-16)24-11-7-18(23)22(10-3-8-20)14-15-4-2-9-21-13-15/h1-2,4-6,9,12-13H,3,7,10-11,14H2. The number of nitriles is 1. The number of ether oxygens (including phenoxy) is 1. The van der Waals surface area contributed by atoms with Crippen molar-refractivity contribution in [3.05, 3.63) is 58.8 Å². The Kier molecular flexibility index (Phi) is 7.24. The summed E-state index contributed by atoms with van der Waals surface area (Å²) in [4.78, 5) is 18.1. The Bertz CT molecular complexity index is 701. The molecule has 0 atom stereocenters. The second-order valence-electron chi connectivity index (χ2n) is 5.14. The molecule has 0 aliphatic carbocycles. The number of carbonyl (C=O) groups is 1. The van der Waals surface area contributed by atoms with Gasteiger partial charge in [0.15, 0.2) is 0 Å². The van der Waals surface area contributed by atoms with E-state index in [0.717, 1.165) is 10.0 Å². The lowest BCUT2D eigenvalue weighted by Crippen LogP contribution is -2.32. The highest BCUT2D eigenvalue weighted by atomic mass is 79.9. The Morgan fingerprint density at radius 2 is 2.21 bits per heavy atom. The van der Waals surface area contributed by atoms with E-state index in [1.165, 1.54) is 0 Å². The zero-order valence-electron chi connectivity index (χ0n) is 13.2. The number of hydrogen-bond acceptors (Lipinski definition) is 4. The summed E-state index contributed by atoms with van der Waals surface area (Å²) in [6.07, 6.45) is 3.98. The molecular formula is C18H18BrN3O2. The fourth-order valence-electron chi connectivity index (χ4n) is 2.16. The van der Waals surface area contributed by atoms with Crippen LogP contribution in [0.3, 0.4) is 0 Å². The molecule has 0 unspecified atom stereocenters. The molecule has 0 radical (unpaired) electrons. The maximum absolute atomic E-state index is 12.4. The maximum atomic E-state index is 12.4. The van der Waals surface area contributed by atoms with Gasteiger partial charge in [0.2, 0.25) is 5.91 Å². The predicted molar refractivity (Wildman–Crippen MR) is 94.1 cm³/mol. The zero-order chi connectivity index (χ0) is 17.2. The van der Waals surface area contributed by atoms with Crippen LogP contribution >= 0.6 is 15.9 Å². The van der Waals surface area contributed by atoms with Crippen molar-refractivity contribution >= 4 is 21.8 Å². The maximum Gasteiger partial charge on any atom is 0.226 e. The molecule has 1 heterocycles. The molecule has 0 aliphatic heterocycles. The Morgan fingerprint density at radius 1 is 1.33 bits per heavy atom. The lowest BCUT2D eigenvalue weighted by atomic mass is 10.2. The molecule has 124 valence electrons. The topological polar surface area (TPSA) is 66.2 Å². The van der Waals surface area contributed by atoms with Crippen LogP contribution in [0.5, 0.6) is 5.75 Å². The lowest BCUT2D eigenvalue weighted by Gasteiger charge is -2.21. The normalized spacial score (nSPS) is 10.0. The summed E-state index contributed by atoms with van der Waals surface area (Å²) in [7, 11) is 0. The molecule has 0 aliphatic rings. The van der Waals surface area contributed by atoms with E-state index in [-0.39, 0.29) is 12.3 Å². The van der Waals surface area contributed by atoms with Gasteiger partial charge >= 0.3 is 0 Å². The van der Waals surface area contributed by atoms with E-state index < -0.39 is 0 Å². The van der Waals surface area contributed by atoms with Gasteiger partial charge in [-0.05, 0) is 29.8 Å². The van der Waals surface area contributed by atoms with Crippen LogP contribution in [0.1, 0.15) is 18.4 Å². The van der Waals surface area contributed by atoms with Crippen molar-refractivity contribution in [2.24, 2.45) is 0 Å². The fourth-order valence-corrected chi connectivity index (χ4v) is 2.54. The molecule has 5 nitrogen and oxygen atoms in total. The zero-order valence-corrected chi connectivity index (χ0v) is 14.8. The molecule has 0 N–H and O–H groups in total. The van der Waals surface area contributed by atoms with Gasteiger partial charge in [-0.25, -0.2) is 0 Å². The monoisotopic (exact) mass is 387 g/mol. The number of amides is 1. The molecule has 0 spiro atoms. The number of halogens is 1. The first-order valence-electron chi connectivity index (χ1n) is 7.61. The summed E-state index contributed by atoms with van der Waals surface area (Å²) in [6.45, 7) is 1.15. The van der Waals surface area contributed by atoms with Crippen LogP contribution in [0.15, 0.2) is 53.3 Å². The minimum Gasteiger partial charge on any atom is -0.493 e. The smallest absolute Gasteiger partial charge is 0.226 e. The number of benzene rings is 1. The Labute approximate surface area is 150 Å². The van der Waals surface area contributed by atoms with Crippen LogP contribution in [0.4, 0.5) is 0 Å². The largest absolute Gasteiger partial charge is 0.493 e. The summed E-state index contributed by atoms with van der Waals surface area (Å²) in [5.41, 5.74) is 0.941. The van der Waals surface area contributed by atoms with Crippen LogP contribution in [0.25, 0.3) is 0 Å². The third kappa shape index (κ3) is 6.01. The molecule has 0 fully saturated rings. The minimum absolute atomic E-state index is 0.0379. The third-order valence-corrected chi connectivity index (χ3v) is 3.82. The van der Waals surface area contributed by atoms with Gasteiger partial charge in [0.25, 0.3) is 0 Å². The van der Waals surface area contributed by atoms with Gasteiger partial charge in [-0.2, -0.15) is 5.26 Å². The highest BCUT2D eigenvalue weighted by molar-refractivity contribution is 9.10. The predicted octanol–water partition coefficient (Wildman–Crippen LogP) is 3.56. The van der Waals surface area contributed by atoms with Crippen molar-refractivity contribution in [1.29, 1.82) is 5.26 Å². The van der Waals surface area contributed by atoms with E-state index in [1.807, 2.05) is 36.4 Å². The van der Waals surface area contributed by atoms with Crippen molar-refractivity contribution in [3.63, 3.8) is 0 Å². The molecule has 2 aromatic rings. The first-order chi connectivity index (χ1) is 11.7. The lowest BCUT2D eigenvalue weighted by molar-refractivity contribution is -0.132. The Morgan fingerprint density at radius 3 is 2.92 bits per heavy atom. The fraction of sp³-hybridized carbons (Fsp3) is 0.278. The molecule has 1 aromatic carbocycles. The van der Waals surface area contributed by atoms with Gasteiger partial charge in [0.1, 0.15) is 5.75 Å². The van der Waals surface area contributed by atoms with Crippen LogP contribution in [-0.4, -0.2) is 28.9 Å². The molecule has 1 aromatic heterocycles. The van der Waals surface area contributed by atoms with Crippen molar-refractivity contribution in [2.75, 3.05) is 13.2 Å². The summed E-state index contributed by atoms with van der Waals surface area (Å²) < 4.78 is 6.54. The van der Waals surface area contributed by atoms with E-state index in [0.29, 0.717) is 31.9 Å². The average molecular weight is 388 g/mol. The van der Waals surface area contributed by atoms with Crippen LogP contribution in [0, 0.1) is 11.3 Å². The molecule has 24 heavy (non-hydrogen) atoms. The van der Waals surface area contributed by atoms with Crippen molar-refractivity contribution < 1.29 is 9.53 Å². The number of pyridine rings is 1. The quantitative estimate of drug-likeness (QED) is 0.694. The van der Waals surface area contributed by atoms with Gasteiger partial charge < -0.3 is 9.64 Å². The van der Waals surface area contributed by atoms with Crippen LogP contribution in [-0.2, 0) is 11.3 Å². The molecular weight excluding hydrogens is 370 g/mol. The van der Waals surface area contributed by atoms with Gasteiger partial charge in [0, 0.05) is 30.0 Å². The van der Waals surface area contributed by atoms with E-state index in [1.54, 1.807) is 17.3 Å². The van der Waals surface area contributed by atoms with E-state index in [9.17, 15) is 4.79 Å². The second kappa shape index (κ2) is 9.68. The van der Waals surface area contributed by atoms with E-state index in [2.05, 4.69) is 27.0 Å². The average Bonchev–Trinajstić information content (AvgIpc) is 2.59. The van der Waals surface area contributed by atoms with Crippen LogP contribution in [0.2, 0.25) is 0 Å². The number of rotatable bonds is 8. The van der Waals surface area contributed by atoms with Gasteiger partial charge in [-0.3, -0.25) is 9.78 Å². The summed E-state index contributed by atoms with van der Waals surface area (Å²) in [6, 6.07) is 13.3. The number of nitrogens with zero attached hydrogens (tertiary/aromatic N) is 3. The number of hydrogen-bond donors (Lipinski definition) is 0. The van der Waals surface area contributed by atoms with E-state index in [4.69, 9.17) is 10.00 Å². The first-order valence-corrected chi connectivity index (χ1v) is 8.40. The summed E-state index contributed by atoms with van der Waals surface area (Å²) in [5, 5.41) is 8.78. The Balaban J connectivity index is 1.88. The highest BCUT2D eigenvalue weighted by Crippen LogP contribution is 2.18. The van der Waals surface area contributed by atoms with Crippen molar-refractivity contribution in [1.82, 2.24) is 9.88 Å². The molecule has 2 rings (SSSR count). The number of carbonyl (C=O) groups excluding carboxylic acids is 1. The molecule has 1 amide bonds. The second-order valence-corrected chi connectivity index (χ2v) is 6.06. The van der Waals surface area contributed by atoms with Gasteiger partial charge in [0.05, 0.1) is 25.5 Å². The molecule has 0 saturated carbocycles.